The number of pyridine rings is 2. The number of anilines is 1. The summed E-state index contributed by atoms with van der Waals surface area (Å²) in [5.41, 5.74) is 3.97. The summed E-state index contributed by atoms with van der Waals surface area (Å²) in [5.74, 6) is 0.365. The third-order valence-corrected chi connectivity index (χ3v) is 7.57. The van der Waals surface area contributed by atoms with Gasteiger partial charge in [0, 0.05) is 62.4 Å². The van der Waals surface area contributed by atoms with Crippen LogP contribution >= 0.6 is 11.8 Å². The summed E-state index contributed by atoms with van der Waals surface area (Å²) >= 11 is 0.888. The maximum atomic E-state index is 12.5. The van der Waals surface area contributed by atoms with Gasteiger partial charge in [0.2, 0.25) is 5.91 Å². The van der Waals surface area contributed by atoms with Gasteiger partial charge in [-0.05, 0) is 71.8 Å². The molecule has 2 saturated heterocycles. The fourth-order valence-electron chi connectivity index (χ4n) is 4.59. The Labute approximate surface area is 230 Å². The summed E-state index contributed by atoms with van der Waals surface area (Å²) in [6.07, 6.45) is 5.69. The first-order valence-electron chi connectivity index (χ1n) is 12.6. The van der Waals surface area contributed by atoms with Crippen LogP contribution in [0.1, 0.15) is 25.3 Å². The molecule has 0 spiro atoms. The molecule has 4 heterocycles. The number of hydrogen-bond acceptors (Lipinski definition) is 8. The Balaban J connectivity index is 1.28. The van der Waals surface area contributed by atoms with Crippen LogP contribution in [0.5, 0.6) is 0 Å². The van der Waals surface area contributed by atoms with Crippen molar-refractivity contribution in [2.24, 2.45) is 0 Å². The summed E-state index contributed by atoms with van der Waals surface area (Å²) in [5, 5.41) is 2.81. The fourth-order valence-corrected chi connectivity index (χ4v) is 5.27. The number of thioether (sulfide) groups is 1. The highest BCUT2D eigenvalue weighted by Gasteiger charge is 2.25. The summed E-state index contributed by atoms with van der Waals surface area (Å²) in [6, 6.07) is 11.6. The minimum absolute atomic E-state index is 0.00844. The second-order valence-corrected chi connectivity index (χ2v) is 10.5. The molecule has 1 aromatic carbocycles. The number of benzene rings is 1. The summed E-state index contributed by atoms with van der Waals surface area (Å²) in [4.78, 5) is 61.2. The number of nitrogens with zero attached hydrogens (tertiary/aromatic N) is 4. The highest BCUT2D eigenvalue weighted by molar-refractivity contribution is 8.18. The number of rotatable bonds is 7. The van der Waals surface area contributed by atoms with Crippen molar-refractivity contribution in [3.05, 3.63) is 71.4 Å². The molecular formula is C29H27N5O4S. The molecule has 0 unspecified atom stereocenters. The Hall–Kier alpha value is -4.31. The molecule has 2 aromatic heterocycles. The molecular weight excluding hydrogens is 514 g/mol. The smallest absolute Gasteiger partial charge is 0.290 e. The number of aromatic nitrogens is 2. The van der Waals surface area contributed by atoms with E-state index < -0.39 is 0 Å². The second kappa shape index (κ2) is 11.2. The van der Waals surface area contributed by atoms with Crippen LogP contribution in [0.3, 0.4) is 0 Å². The van der Waals surface area contributed by atoms with Gasteiger partial charge in [-0.25, -0.2) is 4.98 Å². The highest BCUT2D eigenvalue weighted by Crippen LogP contribution is 2.31. The standard InChI is InChI=1S/C29H27N5O4S/c1-18(2)24(35)6-8-27(36)34-13-11-33(12-14-34)26-7-4-20(17-31-26)21-9-10-30-23-5-3-19(15-22(21)23)16-25-28(37)32-29(38)39-25/h3-5,7,9-10,15-17H,1,6,8,11-14H2,2H3,(H,32,37,38). The zero-order chi connectivity index (χ0) is 27.5. The van der Waals surface area contributed by atoms with Gasteiger partial charge in [0.1, 0.15) is 5.82 Å². The molecule has 39 heavy (non-hydrogen) atoms. The van der Waals surface area contributed by atoms with Gasteiger partial charge in [0.25, 0.3) is 11.1 Å². The van der Waals surface area contributed by atoms with Crippen LogP contribution < -0.4 is 10.2 Å². The number of carbonyl (C=O) groups is 4. The van der Waals surface area contributed by atoms with Crippen LogP contribution in [0.25, 0.3) is 28.1 Å². The monoisotopic (exact) mass is 541 g/mol. The van der Waals surface area contributed by atoms with Crippen molar-refractivity contribution in [2.75, 3.05) is 31.1 Å². The predicted octanol–water partition coefficient (Wildman–Crippen LogP) is 4.19. The minimum Gasteiger partial charge on any atom is -0.353 e. The van der Waals surface area contributed by atoms with E-state index in [1.54, 1.807) is 24.1 Å². The Kier molecular flexibility index (Phi) is 7.56. The van der Waals surface area contributed by atoms with Crippen molar-refractivity contribution >= 4 is 57.4 Å². The molecule has 3 aromatic rings. The van der Waals surface area contributed by atoms with Crippen molar-refractivity contribution in [1.82, 2.24) is 20.2 Å². The molecule has 0 saturated carbocycles. The number of fused-ring (bicyclic) bond motifs is 1. The number of imide groups is 1. The zero-order valence-electron chi connectivity index (χ0n) is 21.5. The van der Waals surface area contributed by atoms with Gasteiger partial charge < -0.3 is 9.80 Å². The van der Waals surface area contributed by atoms with Crippen LogP contribution in [0.2, 0.25) is 0 Å². The molecule has 3 amide bonds. The quantitative estimate of drug-likeness (QED) is 0.443. The number of carbonyl (C=O) groups excluding carboxylic acids is 4. The molecule has 1 N–H and O–H groups in total. The predicted molar refractivity (Wildman–Crippen MR) is 152 cm³/mol. The highest BCUT2D eigenvalue weighted by atomic mass is 32.2. The van der Waals surface area contributed by atoms with Crippen molar-refractivity contribution < 1.29 is 19.2 Å². The molecule has 0 radical (unpaired) electrons. The molecule has 0 aliphatic carbocycles. The van der Waals surface area contributed by atoms with E-state index in [4.69, 9.17) is 4.98 Å². The van der Waals surface area contributed by atoms with Crippen molar-refractivity contribution in [2.45, 2.75) is 19.8 Å². The number of piperazine rings is 1. The summed E-state index contributed by atoms with van der Waals surface area (Å²) < 4.78 is 0. The van der Waals surface area contributed by atoms with E-state index >= 15 is 0 Å². The van der Waals surface area contributed by atoms with E-state index in [0.717, 1.165) is 45.2 Å². The van der Waals surface area contributed by atoms with Gasteiger partial charge in [-0.2, -0.15) is 0 Å². The lowest BCUT2D eigenvalue weighted by Crippen LogP contribution is -2.49. The van der Waals surface area contributed by atoms with E-state index in [2.05, 4.69) is 21.8 Å². The average molecular weight is 542 g/mol. The Morgan fingerprint density at radius 3 is 2.51 bits per heavy atom. The van der Waals surface area contributed by atoms with Gasteiger partial charge in [-0.15, -0.1) is 0 Å². The van der Waals surface area contributed by atoms with Crippen LogP contribution in [-0.4, -0.2) is 63.9 Å². The van der Waals surface area contributed by atoms with Crippen molar-refractivity contribution in [1.29, 1.82) is 0 Å². The number of hydrogen-bond donors (Lipinski definition) is 1. The molecule has 9 nitrogen and oxygen atoms in total. The molecule has 2 fully saturated rings. The second-order valence-electron chi connectivity index (χ2n) is 9.46. The van der Waals surface area contributed by atoms with E-state index in [1.807, 2.05) is 42.6 Å². The van der Waals surface area contributed by atoms with Gasteiger partial charge in [0.15, 0.2) is 5.78 Å². The third-order valence-electron chi connectivity index (χ3n) is 6.76. The first-order valence-corrected chi connectivity index (χ1v) is 13.4. The van der Waals surface area contributed by atoms with Crippen molar-refractivity contribution in [3.8, 4) is 11.1 Å². The summed E-state index contributed by atoms with van der Waals surface area (Å²) in [7, 11) is 0. The van der Waals surface area contributed by atoms with E-state index in [1.165, 1.54) is 0 Å². The molecule has 198 valence electrons. The number of ketones is 1. The van der Waals surface area contributed by atoms with Crippen LogP contribution in [0.4, 0.5) is 10.6 Å². The third kappa shape index (κ3) is 5.91. The summed E-state index contributed by atoms with van der Waals surface area (Å²) in [6.45, 7) is 7.79. The van der Waals surface area contributed by atoms with Gasteiger partial charge in [-0.1, -0.05) is 12.6 Å². The number of allylic oxidation sites excluding steroid dienone is 1. The van der Waals surface area contributed by atoms with Crippen molar-refractivity contribution in [3.63, 3.8) is 0 Å². The van der Waals surface area contributed by atoms with Gasteiger partial charge in [0.05, 0.1) is 10.4 Å². The topological polar surface area (TPSA) is 113 Å². The first-order chi connectivity index (χ1) is 18.8. The normalized spacial score (nSPS) is 16.6. The van der Waals surface area contributed by atoms with E-state index in [0.29, 0.717) is 36.7 Å². The molecule has 2 aliphatic heterocycles. The first kappa shape index (κ1) is 26.3. The molecule has 0 bridgehead atoms. The van der Waals surface area contributed by atoms with Crippen LogP contribution in [-0.2, 0) is 14.4 Å². The average Bonchev–Trinajstić information content (AvgIpc) is 3.27. The minimum atomic E-state index is -0.389. The van der Waals surface area contributed by atoms with Gasteiger partial charge >= 0.3 is 0 Å². The maximum absolute atomic E-state index is 12.5. The number of nitrogens with one attached hydrogen (secondary N) is 1. The number of amides is 3. The van der Waals surface area contributed by atoms with E-state index in [9.17, 15) is 19.2 Å². The molecule has 0 atom stereocenters. The Morgan fingerprint density at radius 2 is 1.85 bits per heavy atom. The SMILES string of the molecule is C=C(C)C(=O)CCC(=O)N1CCN(c2ccc(-c3ccnc4ccc(C=C5SC(=O)NC5=O)cc34)cn2)CC1. The Bertz CT molecular complexity index is 1520. The molecule has 5 rings (SSSR count). The lowest BCUT2D eigenvalue weighted by molar-refractivity contribution is -0.133. The lowest BCUT2D eigenvalue weighted by atomic mass is 10.0. The Morgan fingerprint density at radius 1 is 1.05 bits per heavy atom. The molecule has 10 heteroatoms. The lowest BCUT2D eigenvalue weighted by Gasteiger charge is -2.35. The zero-order valence-corrected chi connectivity index (χ0v) is 22.3. The number of Topliss-reactive ketones (excluding diaryl/α,β-unsaturated/α-hetero) is 1. The van der Waals surface area contributed by atoms with E-state index in [-0.39, 0.29) is 35.7 Å². The van der Waals surface area contributed by atoms with Gasteiger partial charge in [-0.3, -0.25) is 29.5 Å². The molecule has 2 aliphatic rings. The van der Waals surface area contributed by atoms with Crippen LogP contribution in [0, 0.1) is 0 Å². The maximum Gasteiger partial charge on any atom is 0.290 e. The fraction of sp³-hybridized carbons (Fsp3) is 0.241. The van der Waals surface area contributed by atoms with Crippen LogP contribution in [0.15, 0.2) is 65.8 Å². The largest absolute Gasteiger partial charge is 0.353 e.